The van der Waals surface area contributed by atoms with Gasteiger partial charge in [-0.2, -0.15) is 0 Å². The van der Waals surface area contributed by atoms with Gasteiger partial charge in [0, 0.05) is 48.9 Å². The van der Waals surface area contributed by atoms with E-state index in [0.29, 0.717) is 42.2 Å². The lowest BCUT2D eigenvalue weighted by Gasteiger charge is -2.32. The van der Waals surface area contributed by atoms with Crippen molar-refractivity contribution in [1.29, 1.82) is 0 Å². The molecule has 3 aliphatic rings. The van der Waals surface area contributed by atoms with Crippen molar-refractivity contribution in [2.24, 2.45) is 11.8 Å². The van der Waals surface area contributed by atoms with E-state index in [9.17, 15) is 14.7 Å². The van der Waals surface area contributed by atoms with Crippen LogP contribution < -0.4 is 14.5 Å². The minimum atomic E-state index is -1.63. The lowest BCUT2D eigenvalue weighted by atomic mass is 9.71. The number of anilines is 3. The number of benzene rings is 3. The summed E-state index contributed by atoms with van der Waals surface area (Å²) in [6.45, 7) is 5.60. The Morgan fingerprint density at radius 3 is 2.60 bits per heavy atom. The first-order chi connectivity index (χ1) is 22.6. The summed E-state index contributed by atoms with van der Waals surface area (Å²) in [5, 5.41) is 17.5. The minimum Gasteiger partial charge on any atom is -0.482 e. The summed E-state index contributed by atoms with van der Waals surface area (Å²) >= 11 is 0. The van der Waals surface area contributed by atoms with Gasteiger partial charge in [-0.1, -0.05) is 54.6 Å². The van der Waals surface area contributed by atoms with Gasteiger partial charge in [0.15, 0.2) is 12.2 Å². The van der Waals surface area contributed by atoms with Crippen LogP contribution in [-0.2, 0) is 39.4 Å². The molecule has 0 aliphatic carbocycles. The third kappa shape index (κ3) is 5.27. The zero-order valence-electron chi connectivity index (χ0n) is 26.7. The second-order valence-electron chi connectivity index (χ2n) is 13.1. The number of para-hydroxylation sites is 3. The van der Waals surface area contributed by atoms with Crippen LogP contribution in [0.15, 0.2) is 79.0 Å². The fourth-order valence-electron chi connectivity index (χ4n) is 7.73. The molecular weight excluding hydrogens is 601 g/mol. The molecule has 0 unspecified atom stereocenters. The van der Waals surface area contributed by atoms with Crippen molar-refractivity contribution in [3.63, 3.8) is 0 Å². The van der Waals surface area contributed by atoms with Gasteiger partial charge in [-0.25, -0.2) is 4.39 Å². The van der Waals surface area contributed by atoms with Crippen LogP contribution in [0.25, 0.3) is 0 Å². The number of aryl methyl sites for hydroxylation is 1. The number of nitrogens with zero attached hydrogens (tertiary/aromatic N) is 5. The van der Waals surface area contributed by atoms with Crippen LogP contribution in [0, 0.1) is 11.8 Å². The number of aliphatic hydroxyl groups is 1. The molecule has 1 spiro atoms. The summed E-state index contributed by atoms with van der Waals surface area (Å²) in [6.07, 6.45) is 2.04. The van der Waals surface area contributed by atoms with E-state index in [1.807, 2.05) is 79.7 Å². The van der Waals surface area contributed by atoms with Crippen molar-refractivity contribution in [2.45, 2.75) is 64.1 Å². The van der Waals surface area contributed by atoms with Crippen LogP contribution in [0.5, 0.6) is 5.75 Å². The van der Waals surface area contributed by atoms with Gasteiger partial charge in [-0.3, -0.25) is 19.2 Å². The molecule has 1 saturated heterocycles. The van der Waals surface area contributed by atoms with Crippen LogP contribution in [0.2, 0.25) is 0 Å². The number of hydrogen-bond acceptors (Lipinski definition) is 7. The predicted octanol–water partition coefficient (Wildman–Crippen LogP) is 5.10. The third-order valence-electron chi connectivity index (χ3n) is 9.68. The molecule has 4 heterocycles. The molecule has 4 atom stereocenters. The number of carbonyl (C=O) groups excluding carboxylic acids is 2. The Hall–Kier alpha value is -4.61. The van der Waals surface area contributed by atoms with Gasteiger partial charge < -0.3 is 19.5 Å². The minimum absolute atomic E-state index is 0.0236. The van der Waals surface area contributed by atoms with Gasteiger partial charge in [0.2, 0.25) is 0 Å². The molecule has 1 aromatic heterocycles. The van der Waals surface area contributed by atoms with Gasteiger partial charge in [0.1, 0.15) is 11.4 Å². The average Bonchev–Trinajstić information content (AvgIpc) is 3.70. The Kier molecular flexibility index (Phi) is 7.84. The number of hydrogen-bond donors (Lipinski definition) is 1. The molecule has 3 aromatic carbocycles. The van der Waals surface area contributed by atoms with E-state index in [1.54, 1.807) is 34.5 Å². The van der Waals surface area contributed by atoms with Gasteiger partial charge in [0.25, 0.3) is 11.8 Å². The molecule has 10 nitrogen and oxygen atoms in total. The fraction of sp³-hybridized carbons (Fsp3) is 0.389. The van der Waals surface area contributed by atoms with Crippen molar-refractivity contribution in [2.75, 3.05) is 23.0 Å². The summed E-state index contributed by atoms with van der Waals surface area (Å²) in [6, 6.07) is 22.6. The highest BCUT2D eigenvalue weighted by Gasteiger charge is 2.66. The molecule has 0 bridgehead atoms. The Morgan fingerprint density at radius 1 is 1.04 bits per heavy atom. The van der Waals surface area contributed by atoms with Crippen LogP contribution >= 0.6 is 0 Å². The largest absolute Gasteiger partial charge is 0.482 e. The summed E-state index contributed by atoms with van der Waals surface area (Å²) in [5.74, 6) is -0.829. The second-order valence-corrected chi connectivity index (χ2v) is 13.1. The van der Waals surface area contributed by atoms with E-state index < -0.39 is 29.2 Å². The number of carbonyl (C=O) groups is 2. The topological polar surface area (TPSA) is 110 Å². The Morgan fingerprint density at radius 2 is 1.81 bits per heavy atom. The number of alkyl halides is 1. The van der Waals surface area contributed by atoms with Gasteiger partial charge >= 0.3 is 0 Å². The van der Waals surface area contributed by atoms with Crippen molar-refractivity contribution >= 4 is 28.9 Å². The monoisotopic (exact) mass is 639 g/mol. The average molecular weight is 640 g/mol. The van der Waals surface area contributed by atoms with E-state index in [2.05, 4.69) is 10.3 Å². The van der Waals surface area contributed by atoms with Gasteiger partial charge in [0.05, 0.1) is 29.7 Å². The second kappa shape index (κ2) is 11.9. The number of amides is 2. The van der Waals surface area contributed by atoms with Crippen molar-refractivity contribution in [3.8, 4) is 5.75 Å². The quantitative estimate of drug-likeness (QED) is 0.271. The fourth-order valence-corrected chi connectivity index (χ4v) is 7.73. The first-order valence-corrected chi connectivity index (χ1v) is 16.0. The lowest BCUT2D eigenvalue weighted by molar-refractivity contribution is -0.146. The van der Waals surface area contributed by atoms with Crippen LogP contribution in [-0.4, -0.2) is 56.9 Å². The summed E-state index contributed by atoms with van der Waals surface area (Å²) in [5.41, 5.74) is 1.31. The van der Waals surface area contributed by atoms with Crippen LogP contribution in [0.4, 0.5) is 21.5 Å². The molecule has 47 heavy (non-hydrogen) atoms. The highest BCUT2D eigenvalue weighted by atomic mass is 19.1. The molecule has 2 amide bonds. The number of rotatable bonds is 9. The molecule has 1 fully saturated rings. The highest BCUT2D eigenvalue weighted by Crippen LogP contribution is 2.58. The van der Waals surface area contributed by atoms with Gasteiger partial charge in [-0.05, 0) is 56.2 Å². The van der Waals surface area contributed by atoms with E-state index in [4.69, 9.17) is 9.47 Å². The smallest absolute Gasteiger partial charge is 0.269 e. The molecule has 7 rings (SSSR count). The third-order valence-corrected chi connectivity index (χ3v) is 9.68. The Labute approximate surface area is 272 Å². The zero-order chi connectivity index (χ0) is 32.9. The summed E-state index contributed by atoms with van der Waals surface area (Å²) < 4.78 is 30.2. The van der Waals surface area contributed by atoms with Crippen LogP contribution in [0.1, 0.15) is 44.0 Å². The highest BCUT2D eigenvalue weighted by molar-refractivity contribution is 6.08. The van der Waals surface area contributed by atoms with E-state index in [1.165, 1.54) is 0 Å². The molecule has 244 valence electrons. The number of halogens is 1. The van der Waals surface area contributed by atoms with Crippen LogP contribution in [0.3, 0.4) is 0 Å². The maximum absolute atomic E-state index is 16.1. The molecule has 11 heteroatoms. The summed E-state index contributed by atoms with van der Waals surface area (Å²) in [7, 11) is 0. The number of fused-ring (bicyclic) bond motifs is 3. The molecule has 4 aromatic rings. The normalized spacial score (nSPS) is 23.7. The number of aliphatic hydroxyl groups excluding tert-OH is 1. The standard InChI is InChI=1S/C36H38FN5O5/c1-23-33(35(2,3)37)31(15-17-40-21-25(16-18-43)38-39-40)47-36(23)27-11-4-5-12-28(27)41(34(36)45)20-24-9-8-10-26(19-24)42-29-13-6-7-14-30(29)46-22-32(42)44/h4-14,19,21,23,31,33,43H,15-18,20,22H2,1-3H3/t23-,31+,33-,36+/m1/s1. The first kappa shape index (κ1) is 31.0. The molecule has 0 saturated carbocycles. The van der Waals surface area contributed by atoms with E-state index in [-0.39, 0.29) is 31.6 Å². The molecule has 3 aliphatic heterocycles. The van der Waals surface area contributed by atoms with E-state index in [0.717, 1.165) is 16.8 Å². The van der Waals surface area contributed by atoms with Crippen molar-refractivity contribution < 1.29 is 28.6 Å². The zero-order valence-corrected chi connectivity index (χ0v) is 26.7. The summed E-state index contributed by atoms with van der Waals surface area (Å²) in [4.78, 5) is 31.1. The van der Waals surface area contributed by atoms with Gasteiger partial charge in [-0.15, -0.1) is 5.10 Å². The Balaban J connectivity index is 1.20. The van der Waals surface area contributed by atoms with Crippen molar-refractivity contribution in [1.82, 2.24) is 15.0 Å². The number of ether oxygens (including phenoxy) is 2. The molecule has 1 N–H and O–H groups in total. The van der Waals surface area contributed by atoms with E-state index >= 15 is 4.39 Å². The molecular formula is C36H38FN5O5. The number of aromatic nitrogens is 3. The maximum atomic E-state index is 16.1. The van der Waals surface area contributed by atoms with Crippen molar-refractivity contribution in [3.05, 3.63) is 95.8 Å². The first-order valence-electron chi connectivity index (χ1n) is 16.0. The maximum Gasteiger partial charge on any atom is 0.269 e. The predicted molar refractivity (Wildman–Crippen MR) is 173 cm³/mol. The Bertz CT molecular complexity index is 1820. The lowest BCUT2D eigenvalue weighted by Crippen LogP contribution is -2.45. The molecule has 0 radical (unpaired) electrons. The SMILES string of the molecule is C[C@@H]1[C@@H](C(C)(C)F)[C@H](CCn2cc(CCO)nn2)O[C@@]12C(=O)N(Cc1cccc(N3C(=O)COc4ccccc43)c1)c1ccccc12.